The summed E-state index contributed by atoms with van der Waals surface area (Å²) in [5, 5.41) is 3.53. The Bertz CT molecular complexity index is 441. The largest absolute Gasteiger partial charge is 0.398 e. The third-order valence-corrected chi connectivity index (χ3v) is 4.07. The number of rotatable bonds is 3. The zero-order chi connectivity index (χ0) is 13.1. The molecule has 1 aromatic rings. The van der Waals surface area contributed by atoms with Gasteiger partial charge in [-0.1, -0.05) is 24.4 Å². The zero-order valence-corrected chi connectivity index (χ0v) is 11.3. The number of anilines is 1. The van der Waals surface area contributed by atoms with Gasteiger partial charge in [0.2, 0.25) is 0 Å². The fourth-order valence-electron chi connectivity index (χ4n) is 2.55. The molecule has 1 amide bonds. The van der Waals surface area contributed by atoms with Crippen LogP contribution in [0, 0.1) is 5.92 Å². The molecule has 0 aliphatic heterocycles. The minimum Gasteiger partial charge on any atom is -0.398 e. The SMILES string of the molecule is C[C@H](NC(=O)c1ccc(Cl)c(N)c1)C1CCCC1. The molecule has 0 saturated heterocycles. The molecule has 4 heteroatoms. The summed E-state index contributed by atoms with van der Waals surface area (Å²) in [4.78, 5) is 12.1. The van der Waals surface area contributed by atoms with E-state index in [1.165, 1.54) is 25.7 Å². The van der Waals surface area contributed by atoms with E-state index in [9.17, 15) is 4.79 Å². The minimum atomic E-state index is -0.0715. The monoisotopic (exact) mass is 266 g/mol. The maximum absolute atomic E-state index is 12.1. The van der Waals surface area contributed by atoms with Crippen LogP contribution in [0.15, 0.2) is 18.2 Å². The predicted molar refractivity (Wildman–Crippen MR) is 74.8 cm³/mol. The fraction of sp³-hybridized carbons (Fsp3) is 0.500. The van der Waals surface area contributed by atoms with Crippen LogP contribution >= 0.6 is 11.6 Å². The summed E-state index contributed by atoms with van der Waals surface area (Å²) in [7, 11) is 0. The summed E-state index contributed by atoms with van der Waals surface area (Å²) in [5.41, 5.74) is 6.71. The molecule has 0 heterocycles. The molecule has 18 heavy (non-hydrogen) atoms. The second kappa shape index (κ2) is 5.61. The molecule has 2 rings (SSSR count). The second-order valence-corrected chi connectivity index (χ2v) is 5.45. The van der Waals surface area contributed by atoms with E-state index in [4.69, 9.17) is 17.3 Å². The van der Waals surface area contributed by atoms with Crippen LogP contribution in [0.25, 0.3) is 0 Å². The van der Waals surface area contributed by atoms with E-state index in [0.717, 1.165) is 0 Å². The van der Waals surface area contributed by atoms with Gasteiger partial charge in [0.25, 0.3) is 5.91 Å². The number of nitrogen functional groups attached to an aromatic ring is 1. The number of nitrogens with two attached hydrogens (primary N) is 1. The van der Waals surface area contributed by atoms with Crippen LogP contribution in [0.2, 0.25) is 5.02 Å². The van der Waals surface area contributed by atoms with Gasteiger partial charge in [0.1, 0.15) is 0 Å². The molecule has 1 fully saturated rings. The van der Waals surface area contributed by atoms with Crippen LogP contribution in [-0.4, -0.2) is 11.9 Å². The standard InChI is InChI=1S/C14H19ClN2O/c1-9(10-4-2-3-5-10)17-14(18)11-6-7-12(15)13(16)8-11/h6-10H,2-5,16H2,1H3,(H,17,18)/t9-/m0/s1. The van der Waals surface area contributed by atoms with E-state index in [1.807, 2.05) is 0 Å². The molecular weight excluding hydrogens is 248 g/mol. The number of hydrogen-bond donors (Lipinski definition) is 2. The fourth-order valence-corrected chi connectivity index (χ4v) is 2.67. The smallest absolute Gasteiger partial charge is 0.251 e. The molecule has 0 spiro atoms. The van der Waals surface area contributed by atoms with Crippen molar-refractivity contribution in [2.75, 3.05) is 5.73 Å². The van der Waals surface area contributed by atoms with Gasteiger partial charge in [-0.25, -0.2) is 0 Å². The molecule has 0 bridgehead atoms. The summed E-state index contributed by atoms with van der Waals surface area (Å²) in [6, 6.07) is 5.21. The molecule has 1 aliphatic rings. The minimum absolute atomic E-state index is 0.0715. The molecule has 0 radical (unpaired) electrons. The lowest BCUT2D eigenvalue weighted by Crippen LogP contribution is -2.37. The number of amides is 1. The van der Waals surface area contributed by atoms with Gasteiger partial charge in [-0.3, -0.25) is 4.79 Å². The van der Waals surface area contributed by atoms with Crippen molar-refractivity contribution >= 4 is 23.2 Å². The van der Waals surface area contributed by atoms with E-state index >= 15 is 0 Å². The summed E-state index contributed by atoms with van der Waals surface area (Å²) in [6.45, 7) is 2.08. The van der Waals surface area contributed by atoms with Crippen molar-refractivity contribution in [1.82, 2.24) is 5.32 Å². The first-order chi connectivity index (χ1) is 8.58. The molecule has 0 aromatic heterocycles. The lowest BCUT2D eigenvalue weighted by molar-refractivity contribution is 0.0927. The van der Waals surface area contributed by atoms with Gasteiger partial charge in [-0.05, 0) is 43.9 Å². The quantitative estimate of drug-likeness (QED) is 0.826. The van der Waals surface area contributed by atoms with Crippen molar-refractivity contribution in [2.45, 2.75) is 38.6 Å². The second-order valence-electron chi connectivity index (χ2n) is 5.04. The van der Waals surface area contributed by atoms with E-state index in [1.54, 1.807) is 18.2 Å². The van der Waals surface area contributed by atoms with Crippen molar-refractivity contribution in [2.24, 2.45) is 5.92 Å². The van der Waals surface area contributed by atoms with Gasteiger partial charge in [0.15, 0.2) is 0 Å². The Morgan fingerprint density at radius 2 is 2.11 bits per heavy atom. The maximum Gasteiger partial charge on any atom is 0.251 e. The van der Waals surface area contributed by atoms with Gasteiger partial charge in [-0.2, -0.15) is 0 Å². The lowest BCUT2D eigenvalue weighted by atomic mass is 9.99. The Hall–Kier alpha value is -1.22. The number of benzene rings is 1. The summed E-state index contributed by atoms with van der Waals surface area (Å²) in [6.07, 6.45) is 4.98. The molecule has 98 valence electrons. The van der Waals surface area contributed by atoms with E-state index in [0.29, 0.717) is 22.2 Å². The van der Waals surface area contributed by atoms with Crippen molar-refractivity contribution in [3.63, 3.8) is 0 Å². The Labute approximate surface area is 113 Å². The maximum atomic E-state index is 12.1. The molecule has 0 unspecified atom stereocenters. The Morgan fingerprint density at radius 3 is 2.72 bits per heavy atom. The summed E-state index contributed by atoms with van der Waals surface area (Å²) < 4.78 is 0. The number of halogens is 1. The molecule has 3 nitrogen and oxygen atoms in total. The number of carbonyl (C=O) groups excluding carboxylic acids is 1. The first kappa shape index (κ1) is 13.2. The summed E-state index contributed by atoms with van der Waals surface area (Å²) >= 11 is 5.84. The zero-order valence-electron chi connectivity index (χ0n) is 10.6. The highest BCUT2D eigenvalue weighted by Gasteiger charge is 2.23. The number of carbonyl (C=O) groups is 1. The average Bonchev–Trinajstić information content (AvgIpc) is 2.86. The Balaban J connectivity index is 2.00. The van der Waals surface area contributed by atoms with Crippen LogP contribution in [0.3, 0.4) is 0 Å². The van der Waals surface area contributed by atoms with Crippen LogP contribution in [0.4, 0.5) is 5.69 Å². The Kier molecular flexibility index (Phi) is 4.12. The summed E-state index contributed by atoms with van der Waals surface area (Å²) in [5.74, 6) is 0.538. The third kappa shape index (κ3) is 2.96. The Morgan fingerprint density at radius 1 is 1.44 bits per heavy atom. The highest BCUT2D eigenvalue weighted by atomic mass is 35.5. The average molecular weight is 267 g/mol. The van der Waals surface area contributed by atoms with Crippen molar-refractivity contribution in [1.29, 1.82) is 0 Å². The van der Waals surface area contributed by atoms with Gasteiger partial charge < -0.3 is 11.1 Å². The molecule has 1 aromatic carbocycles. The topological polar surface area (TPSA) is 55.1 Å². The molecule has 1 atom stereocenters. The van der Waals surface area contributed by atoms with E-state index in [2.05, 4.69) is 12.2 Å². The lowest BCUT2D eigenvalue weighted by Gasteiger charge is -2.20. The van der Waals surface area contributed by atoms with Gasteiger partial charge >= 0.3 is 0 Å². The number of nitrogens with one attached hydrogen (secondary N) is 1. The van der Waals surface area contributed by atoms with E-state index in [-0.39, 0.29) is 11.9 Å². The van der Waals surface area contributed by atoms with E-state index < -0.39 is 0 Å². The van der Waals surface area contributed by atoms with Crippen LogP contribution in [0.1, 0.15) is 43.0 Å². The van der Waals surface area contributed by atoms with Crippen LogP contribution < -0.4 is 11.1 Å². The highest BCUT2D eigenvalue weighted by Crippen LogP contribution is 2.27. The van der Waals surface area contributed by atoms with Gasteiger partial charge in [0, 0.05) is 11.6 Å². The van der Waals surface area contributed by atoms with Crippen molar-refractivity contribution < 1.29 is 4.79 Å². The van der Waals surface area contributed by atoms with Crippen molar-refractivity contribution in [3.8, 4) is 0 Å². The normalized spacial score (nSPS) is 17.7. The van der Waals surface area contributed by atoms with Crippen LogP contribution in [-0.2, 0) is 0 Å². The first-order valence-corrected chi connectivity index (χ1v) is 6.81. The van der Waals surface area contributed by atoms with Crippen LogP contribution in [0.5, 0.6) is 0 Å². The van der Waals surface area contributed by atoms with Gasteiger partial charge in [0.05, 0.1) is 10.7 Å². The molecule has 1 saturated carbocycles. The first-order valence-electron chi connectivity index (χ1n) is 6.44. The number of hydrogen-bond acceptors (Lipinski definition) is 2. The highest BCUT2D eigenvalue weighted by molar-refractivity contribution is 6.33. The molecular formula is C14H19ClN2O. The van der Waals surface area contributed by atoms with Crippen molar-refractivity contribution in [3.05, 3.63) is 28.8 Å². The third-order valence-electron chi connectivity index (χ3n) is 3.72. The van der Waals surface area contributed by atoms with Gasteiger partial charge in [-0.15, -0.1) is 0 Å². The molecule has 1 aliphatic carbocycles. The molecule has 3 N–H and O–H groups in total. The predicted octanol–water partition coefficient (Wildman–Crippen LogP) is 3.23.